The van der Waals surface area contributed by atoms with Crippen LogP contribution < -0.4 is 26.6 Å². The fraction of sp³-hybridized carbons (Fsp3) is 0.472. The number of hydrogen-bond acceptors (Lipinski definition) is 8. The van der Waals surface area contributed by atoms with Crippen molar-refractivity contribution in [2.75, 3.05) is 20.6 Å². The molecule has 1 aliphatic carbocycles. The number of aromatic nitrogens is 3. The Labute approximate surface area is 288 Å². The number of likely N-dealkylation sites (tertiary alicyclic amines) is 1. The Kier molecular flexibility index (Phi) is 11.6. The summed E-state index contributed by atoms with van der Waals surface area (Å²) >= 11 is 0. The second kappa shape index (κ2) is 16.0. The largest absolute Gasteiger partial charge is 0.484 e. The van der Waals surface area contributed by atoms with Crippen LogP contribution >= 0.6 is 0 Å². The summed E-state index contributed by atoms with van der Waals surface area (Å²) < 4.78 is 9.97. The molecule has 0 unspecified atom stereocenters. The second-order valence-corrected chi connectivity index (χ2v) is 13.3. The fourth-order valence-corrected chi connectivity index (χ4v) is 6.54. The van der Waals surface area contributed by atoms with Crippen molar-refractivity contribution in [3.63, 3.8) is 0 Å². The van der Waals surface area contributed by atoms with Crippen LogP contribution in [0.2, 0.25) is 0 Å². The summed E-state index contributed by atoms with van der Waals surface area (Å²) in [6.45, 7) is 7.80. The zero-order chi connectivity index (χ0) is 35.1. The number of piperidine rings is 1. The maximum atomic E-state index is 13.4. The molecule has 1 aromatic carbocycles. The molecule has 4 atom stereocenters. The number of aliphatic imine (C=N–C) groups is 1. The van der Waals surface area contributed by atoms with E-state index in [4.69, 9.17) is 21.3 Å². The van der Waals surface area contributed by atoms with E-state index in [2.05, 4.69) is 44.4 Å². The zero-order valence-electron chi connectivity index (χ0n) is 29.3. The van der Waals surface area contributed by atoms with Crippen molar-refractivity contribution >= 4 is 23.5 Å². The first-order valence-electron chi connectivity index (χ1n) is 17.2. The highest BCUT2D eigenvalue weighted by Gasteiger charge is 2.31. The Bertz CT molecular complexity index is 1730. The second-order valence-electron chi connectivity index (χ2n) is 13.3. The summed E-state index contributed by atoms with van der Waals surface area (Å²) in [4.78, 5) is 22.2. The van der Waals surface area contributed by atoms with Crippen LogP contribution in [0.1, 0.15) is 82.6 Å². The predicted molar refractivity (Wildman–Crippen MR) is 192 cm³/mol. The number of ether oxygens (including phenoxy) is 1. The van der Waals surface area contributed by atoms with Crippen LogP contribution in [0.4, 0.5) is 10.5 Å². The fourth-order valence-electron chi connectivity index (χ4n) is 6.54. The highest BCUT2D eigenvalue weighted by Crippen LogP contribution is 2.38. The maximum absolute atomic E-state index is 13.4. The molecule has 1 fully saturated rings. The third-order valence-corrected chi connectivity index (χ3v) is 9.22. The molecular weight excluding hydrogens is 618 g/mol. The number of hydrogen-bond donors (Lipinski definition) is 5. The molecule has 2 aromatic heterocycles. The van der Waals surface area contributed by atoms with Crippen LogP contribution in [0.25, 0.3) is 0 Å². The summed E-state index contributed by atoms with van der Waals surface area (Å²) in [5, 5.41) is 27.9. The lowest BCUT2D eigenvalue weighted by molar-refractivity contribution is 0.169. The van der Waals surface area contributed by atoms with Crippen molar-refractivity contribution in [1.29, 1.82) is 10.8 Å². The van der Waals surface area contributed by atoms with Crippen LogP contribution in [0.15, 0.2) is 71.8 Å². The summed E-state index contributed by atoms with van der Waals surface area (Å²) in [6, 6.07) is 11.3. The van der Waals surface area contributed by atoms with E-state index >= 15 is 0 Å². The number of carbonyl (C=O) groups excluding carboxylic acids is 1. The van der Waals surface area contributed by atoms with Crippen molar-refractivity contribution in [2.24, 2.45) is 10.7 Å². The van der Waals surface area contributed by atoms with Gasteiger partial charge in [0, 0.05) is 24.3 Å². The van der Waals surface area contributed by atoms with Gasteiger partial charge >= 0.3 is 6.03 Å². The van der Waals surface area contributed by atoms with Crippen molar-refractivity contribution < 1.29 is 9.53 Å². The average molecular weight is 670 g/mol. The van der Waals surface area contributed by atoms with Gasteiger partial charge in [-0.25, -0.2) is 9.79 Å². The monoisotopic (exact) mass is 669 g/mol. The minimum absolute atomic E-state index is 0.234. The molecule has 0 spiro atoms. The summed E-state index contributed by atoms with van der Waals surface area (Å²) in [5.74, 6) is 1.22. The highest BCUT2D eigenvalue weighted by atomic mass is 16.5. The topological polar surface area (TPSA) is 166 Å². The zero-order valence-corrected chi connectivity index (χ0v) is 29.3. The molecule has 3 aromatic rings. The first-order valence-corrected chi connectivity index (χ1v) is 17.2. The summed E-state index contributed by atoms with van der Waals surface area (Å²) in [7, 11) is 4.02. The van der Waals surface area contributed by atoms with Crippen LogP contribution in [-0.4, -0.2) is 74.7 Å². The lowest BCUT2D eigenvalue weighted by atomic mass is 9.85. The van der Waals surface area contributed by atoms with Crippen LogP contribution in [0.5, 0.6) is 5.75 Å². The molecular formula is C36H51N11O2. The molecule has 49 heavy (non-hydrogen) atoms. The molecule has 5 rings (SSSR count). The number of nitrogens with two attached hydrogens (primary N) is 1. The van der Waals surface area contributed by atoms with Crippen molar-refractivity contribution in [2.45, 2.75) is 90.1 Å². The number of nitrogens with one attached hydrogen (secondary N) is 4. The number of pyridine rings is 1. The van der Waals surface area contributed by atoms with Gasteiger partial charge in [-0.1, -0.05) is 31.2 Å². The lowest BCUT2D eigenvalue weighted by Gasteiger charge is -2.41. The molecule has 262 valence electrons. The van der Waals surface area contributed by atoms with E-state index in [9.17, 15) is 4.79 Å². The van der Waals surface area contributed by atoms with Crippen molar-refractivity contribution in [3.05, 3.63) is 83.4 Å². The number of amidine groups is 1. The van der Waals surface area contributed by atoms with Gasteiger partial charge in [0.15, 0.2) is 0 Å². The third kappa shape index (κ3) is 8.96. The quantitative estimate of drug-likeness (QED) is 0.159. The number of carbonyl (C=O) groups is 1. The van der Waals surface area contributed by atoms with Gasteiger partial charge in [-0.15, -0.1) is 0 Å². The molecule has 1 saturated heterocycles. The van der Waals surface area contributed by atoms with E-state index in [1.54, 1.807) is 35.2 Å². The Morgan fingerprint density at radius 3 is 2.55 bits per heavy atom. The number of nitrogens with zero attached hydrogens (tertiary/aromatic N) is 6. The minimum atomic E-state index is -0.384. The van der Waals surface area contributed by atoms with E-state index in [1.165, 1.54) is 0 Å². The number of rotatable bonds is 9. The molecule has 13 heteroatoms. The van der Waals surface area contributed by atoms with E-state index in [0.717, 1.165) is 43.5 Å². The smallest absolute Gasteiger partial charge is 0.320 e. The highest BCUT2D eigenvalue weighted by molar-refractivity contribution is 6.05. The Morgan fingerprint density at radius 2 is 1.84 bits per heavy atom. The molecule has 13 nitrogen and oxygen atoms in total. The number of likely N-dealkylation sites (N-methyl/N-ethyl adjacent to an activating group) is 1. The Balaban J connectivity index is 1.29. The van der Waals surface area contributed by atoms with Gasteiger partial charge in [-0.2, -0.15) is 5.10 Å². The van der Waals surface area contributed by atoms with E-state index in [-0.39, 0.29) is 35.7 Å². The van der Waals surface area contributed by atoms with E-state index in [1.807, 2.05) is 56.2 Å². The number of amides is 2. The van der Waals surface area contributed by atoms with Gasteiger partial charge in [0.05, 0.1) is 31.2 Å². The van der Waals surface area contributed by atoms with Crippen LogP contribution in [0.3, 0.4) is 0 Å². The SMILES string of the molecule is CCC(N)=CC(=Nc1cnn(CCN(C)C)c1)NC(=O)N[C@H]1CC[C@@H](Oc2ccc(=N)n(C(=N)N3[C@H](C)CCC[C@@H]3C)c2)c2ccccc21. The summed E-state index contributed by atoms with van der Waals surface area (Å²) in [6.07, 6.45) is 11.8. The van der Waals surface area contributed by atoms with Gasteiger partial charge < -0.3 is 25.6 Å². The Hall–Kier alpha value is -4.91. The molecule has 2 amide bonds. The predicted octanol–water partition coefficient (Wildman–Crippen LogP) is 5.01. The third-order valence-electron chi connectivity index (χ3n) is 9.22. The van der Waals surface area contributed by atoms with Gasteiger partial charge in [0.25, 0.3) is 0 Å². The molecule has 1 aliphatic heterocycles. The number of benzene rings is 1. The lowest BCUT2D eigenvalue weighted by Crippen LogP contribution is -2.51. The van der Waals surface area contributed by atoms with E-state index in [0.29, 0.717) is 48.2 Å². The minimum Gasteiger partial charge on any atom is -0.484 e. The van der Waals surface area contributed by atoms with Crippen LogP contribution in [0, 0.1) is 10.8 Å². The van der Waals surface area contributed by atoms with Gasteiger partial charge in [-0.05, 0) is 95.8 Å². The number of urea groups is 1. The van der Waals surface area contributed by atoms with Crippen LogP contribution in [-0.2, 0) is 6.54 Å². The number of fused-ring (bicyclic) bond motifs is 1. The average Bonchev–Trinajstić information content (AvgIpc) is 3.52. The normalized spacial score (nSPS) is 21.3. The molecule has 3 heterocycles. The van der Waals surface area contributed by atoms with E-state index < -0.39 is 0 Å². The van der Waals surface area contributed by atoms with Crippen molar-refractivity contribution in [1.82, 2.24) is 34.8 Å². The maximum Gasteiger partial charge on any atom is 0.320 e. The first-order chi connectivity index (χ1) is 23.5. The molecule has 0 radical (unpaired) electrons. The molecule has 0 bridgehead atoms. The summed E-state index contributed by atoms with van der Waals surface area (Å²) in [5.41, 5.74) is 9.56. The molecule has 0 saturated carbocycles. The molecule has 6 N–H and O–H groups in total. The standard InChI is InChI=1S/C36H51N11O2/c1-6-26(37)20-34(41-27-21-40-45(22-27)19-18-44(4)5)43-36(48)42-31-15-16-32(30-13-8-7-12-29(30)31)49-28-14-17-33(38)46(23-28)35(39)47-24(2)10-9-11-25(47)3/h7-8,12-14,17,20-25,31-32,38-39H,6,9-11,15-16,18-19,37H2,1-5H3,(H2,41,42,43,48)/t24-,25+,31-,32+/m0/s1. The molecule has 2 aliphatic rings. The Morgan fingerprint density at radius 1 is 1.10 bits per heavy atom. The van der Waals surface area contributed by atoms with Crippen molar-refractivity contribution in [3.8, 4) is 5.75 Å². The first kappa shape index (κ1) is 35.4. The van der Waals surface area contributed by atoms with Gasteiger partial charge in [0.2, 0.25) is 5.96 Å². The van der Waals surface area contributed by atoms with Gasteiger partial charge in [0.1, 0.15) is 28.9 Å². The van der Waals surface area contributed by atoms with Gasteiger partial charge in [-0.3, -0.25) is 25.4 Å². The number of allylic oxidation sites excluding steroid dienone is 1.